The van der Waals surface area contributed by atoms with E-state index < -0.39 is 5.97 Å². The molecule has 0 spiro atoms. The van der Waals surface area contributed by atoms with Crippen molar-refractivity contribution in [2.24, 2.45) is 5.92 Å². The molecule has 1 aromatic rings. The second-order valence-corrected chi connectivity index (χ2v) is 5.84. The number of anilines is 1. The summed E-state index contributed by atoms with van der Waals surface area (Å²) in [6.07, 6.45) is 2.05. The molecule has 2 rings (SSSR count). The molecular weight excluding hydrogens is 268 g/mol. The highest BCUT2D eigenvalue weighted by molar-refractivity contribution is 5.91. The highest BCUT2D eigenvalue weighted by Crippen LogP contribution is 2.23. The van der Waals surface area contributed by atoms with Crippen molar-refractivity contribution in [1.82, 2.24) is 4.90 Å². The summed E-state index contributed by atoms with van der Waals surface area (Å²) in [4.78, 5) is 25.1. The average molecular weight is 290 g/mol. The third-order valence-corrected chi connectivity index (χ3v) is 3.98. The summed E-state index contributed by atoms with van der Waals surface area (Å²) >= 11 is 0. The molecule has 0 aromatic heterocycles. The van der Waals surface area contributed by atoms with Crippen LogP contribution in [0.2, 0.25) is 0 Å². The zero-order valence-corrected chi connectivity index (χ0v) is 12.5. The number of nitrogens with one attached hydrogen (secondary N) is 1. The molecule has 0 bridgehead atoms. The fraction of sp³-hybridized carbons (Fsp3) is 0.500. The van der Waals surface area contributed by atoms with Crippen LogP contribution in [0.25, 0.3) is 0 Å². The first-order chi connectivity index (χ1) is 9.97. The summed E-state index contributed by atoms with van der Waals surface area (Å²) in [5.41, 5.74) is 1.20. The molecule has 2 atom stereocenters. The summed E-state index contributed by atoms with van der Waals surface area (Å²) in [5, 5.41) is 11.8. The molecule has 2 unspecified atom stereocenters. The van der Waals surface area contributed by atoms with Crippen LogP contribution in [0.1, 0.15) is 32.3 Å². The van der Waals surface area contributed by atoms with E-state index in [1.807, 2.05) is 4.90 Å². The Labute approximate surface area is 125 Å². The number of amides is 2. The third-order valence-electron chi connectivity index (χ3n) is 3.98. The van der Waals surface area contributed by atoms with Gasteiger partial charge >= 0.3 is 12.0 Å². The van der Waals surface area contributed by atoms with Gasteiger partial charge in [-0.25, -0.2) is 4.79 Å². The molecule has 1 saturated heterocycles. The Hall–Kier alpha value is -2.04. The summed E-state index contributed by atoms with van der Waals surface area (Å²) in [5.74, 6) is -0.405. The van der Waals surface area contributed by atoms with Gasteiger partial charge in [0.2, 0.25) is 0 Å². The van der Waals surface area contributed by atoms with Crippen LogP contribution in [0.5, 0.6) is 0 Å². The van der Waals surface area contributed by atoms with Crippen LogP contribution < -0.4 is 5.32 Å². The van der Waals surface area contributed by atoms with Gasteiger partial charge in [-0.05, 0) is 37.3 Å². The number of piperidine rings is 1. The van der Waals surface area contributed by atoms with Crippen LogP contribution in [0.4, 0.5) is 10.5 Å². The molecule has 0 radical (unpaired) electrons. The largest absolute Gasteiger partial charge is 0.481 e. The normalized spacial score (nSPS) is 21.9. The van der Waals surface area contributed by atoms with Crippen LogP contribution in [0, 0.1) is 5.92 Å². The number of nitrogens with zero attached hydrogens (tertiary/aromatic N) is 1. The fourth-order valence-corrected chi connectivity index (χ4v) is 2.72. The van der Waals surface area contributed by atoms with Gasteiger partial charge in [-0.1, -0.05) is 25.1 Å². The molecule has 2 amide bonds. The van der Waals surface area contributed by atoms with Gasteiger partial charge in [0, 0.05) is 18.3 Å². The molecule has 0 saturated carbocycles. The van der Waals surface area contributed by atoms with Gasteiger partial charge in [0.15, 0.2) is 0 Å². The first kappa shape index (κ1) is 15.4. The molecule has 114 valence electrons. The number of hydrogen-bond acceptors (Lipinski definition) is 2. The highest BCUT2D eigenvalue weighted by Gasteiger charge is 2.27. The molecule has 1 aliphatic heterocycles. The first-order valence-electron chi connectivity index (χ1n) is 7.34. The number of hydrogen-bond donors (Lipinski definition) is 2. The van der Waals surface area contributed by atoms with E-state index in [1.54, 1.807) is 24.3 Å². The van der Waals surface area contributed by atoms with E-state index >= 15 is 0 Å². The molecule has 0 aliphatic carbocycles. The molecular formula is C16H22N2O3. The number of benzene rings is 1. The van der Waals surface area contributed by atoms with Crippen LogP contribution in [0.3, 0.4) is 0 Å². The molecule has 5 nitrogen and oxygen atoms in total. The van der Waals surface area contributed by atoms with Gasteiger partial charge in [-0.3, -0.25) is 4.79 Å². The lowest BCUT2D eigenvalue weighted by Gasteiger charge is -2.36. The molecule has 21 heavy (non-hydrogen) atoms. The van der Waals surface area contributed by atoms with E-state index in [0.717, 1.165) is 19.4 Å². The first-order valence-corrected chi connectivity index (χ1v) is 7.34. The van der Waals surface area contributed by atoms with E-state index in [1.165, 1.54) is 0 Å². The van der Waals surface area contributed by atoms with Crippen molar-refractivity contribution < 1.29 is 14.7 Å². The van der Waals surface area contributed by atoms with Crippen molar-refractivity contribution in [2.75, 3.05) is 11.9 Å². The number of carbonyl (C=O) groups is 2. The zero-order valence-electron chi connectivity index (χ0n) is 12.5. The van der Waals surface area contributed by atoms with Crippen molar-refractivity contribution in [3.8, 4) is 0 Å². The lowest BCUT2D eigenvalue weighted by atomic mass is 9.95. The average Bonchev–Trinajstić information content (AvgIpc) is 2.43. The van der Waals surface area contributed by atoms with Crippen LogP contribution in [-0.2, 0) is 11.2 Å². The summed E-state index contributed by atoms with van der Waals surface area (Å²) in [6, 6.07) is 7.11. The van der Waals surface area contributed by atoms with Crippen LogP contribution >= 0.6 is 0 Å². The van der Waals surface area contributed by atoms with Crippen LogP contribution in [-0.4, -0.2) is 34.6 Å². The number of carbonyl (C=O) groups excluding carboxylic acids is 1. The predicted molar refractivity (Wildman–Crippen MR) is 81.4 cm³/mol. The number of likely N-dealkylation sites (tertiary alicyclic amines) is 1. The maximum Gasteiger partial charge on any atom is 0.322 e. The fourth-order valence-electron chi connectivity index (χ4n) is 2.72. The van der Waals surface area contributed by atoms with Crippen LogP contribution in [0.15, 0.2) is 24.3 Å². The second kappa shape index (κ2) is 6.61. The number of carboxylic acids is 1. The zero-order chi connectivity index (χ0) is 15.4. The monoisotopic (exact) mass is 290 g/mol. The topological polar surface area (TPSA) is 69.6 Å². The summed E-state index contributed by atoms with van der Waals surface area (Å²) in [6.45, 7) is 4.94. The van der Waals surface area contributed by atoms with E-state index in [-0.39, 0.29) is 18.5 Å². The van der Waals surface area contributed by atoms with Crippen molar-refractivity contribution in [1.29, 1.82) is 0 Å². The van der Waals surface area contributed by atoms with E-state index in [9.17, 15) is 9.59 Å². The summed E-state index contributed by atoms with van der Waals surface area (Å²) < 4.78 is 0. The third kappa shape index (κ3) is 3.97. The van der Waals surface area contributed by atoms with Crippen molar-refractivity contribution >= 4 is 17.7 Å². The Balaban J connectivity index is 2.10. The SMILES string of the molecule is CC1CCC(C)N(C(=O)Nc2ccccc2CC(=O)O)C1. The molecule has 1 heterocycles. The Kier molecular flexibility index (Phi) is 4.83. The lowest BCUT2D eigenvalue weighted by molar-refractivity contribution is -0.136. The smallest absolute Gasteiger partial charge is 0.322 e. The van der Waals surface area contributed by atoms with Gasteiger partial charge in [-0.2, -0.15) is 0 Å². The molecule has 1 aliphatic rings. The number of rotatable bonds is 3. The quantitative estimate of drug-likeness (QED) is 0.899. The Morgan fingerprint density at radius 3 is 2.71 bits per heavy atom. The number of para-hydroxylation sites is 1. The molecule has 5 heteroatoms. The minimum absolute atomic E-state index is 0.0948. The standard InChI is InChI=1S/C16H22N2O3/c1-11-7-8-12(2)18(10-11)16(21)17-14-6-4-3-5-13(14)9-15(19)20/h3-6,11-12H,7-10H2,1-2H3,(H,17,21)(H,19,20). The highest BCUT2D eigenvalue weighted by atomic mass is 16.4. The Bertz CT molecular complexity index is 530. The predicted octanol–water partition coefficient (Wildman–Crippen LogP) is 2.97. The van der Waals surface area contributed by atoms with E-state index in [4.69, 9.17) is 5.11 Å². The maximum absolute atomic E-state index is 12.4. The van der Waals surface area contributed by atoms with E-state index in [2.05, 4.69) is 19.2 Å². The van der Waals surface area contributed by atoms with Crippen molar-refractivity contribution in [3.63, 3.8) is 0 Å². The minimum atomic E-state index is -0.906. The molecule has 1 aromatic carbocycles. The van der Waals surface area contributed by atoms with Crippen molar-refractivity contribution in [2.45, 2.75) is 39.2 Å². The van der Waals surface area contributed by atoms with Gasteiger partial charge in [0.1, 0.15) is 0 Å². The van der Waals surface area contributed by atoms with Crippen molar-refractivity contribution in [3.05, 3.63) is 29.8 Å². The second-order valence-electron chi connectivity index (χ2n) is 5.84. The Morgan fingerprint density at radius 1 is 1.29 bits per heavy atom. The number of urea groups is 1. The van der Waals surface area contributed by atoms with Gasteiger partial charge in [0.05, 0.1) is 6.42 Å². The molecule has 2 N–H and O–H groups in total. The van der Waals surface area contributed by atoms with E-state index in [0.29, 0.717) is 17.2 Å². The minimum Gasteiger partial charge on any atom is -0.481 e. The summed E-state index contributed by atoms with van der Waals surface area (Å²) in [7, 11) is 0. The number of carboxylic acid groups (broad SMARTS) is 1. The maximum atomic E-state index is 12.4. The Morgan fingerprint density at radius 2 is 2.00 bits per heavy atom. The van der Waals surface area contributed by atoms with Gasteiger partial charge in [0.25, 0.3) is 0 Å². The number of aliphatic carboxylic acids is 1. The lowest BCUT2D eigenvalue weighted by Crippen LogP contribution is -2.47. The van der Waals surface area contributed by atoms with Gasteiger partial charge < -0.3 is 15.3 Å². The molecule has 1 fully saturated rings. The van der Waals surface area contributed by atoms with Gasteiger partial charge in [-0.15, -0.1) is 0 Å².